The van der Waals surface area contributed by atoms with Crippen LogP contribution in [-0.2, 0) is 0 Å². The Kier molecular flexibility index (Phi) is 4.87. The molecule has 106 valence electrons. The normalized spacial score (nSPS) is 12.2. The second kappa shape index (κ2) is 6.63. The van der Waals surface area contributed by atoms with E-state index in [0.29, 0.717) is 18.0 Å². The summed E-state index contributed by atoms with van der Waals surface area (Å²) in [5, 5.41) is 2.86. The highest BCUT2D eigenvalue weighted by molar-refractivity contribution is 7.17. The number of halogens is 1. The number of carbonyl (C=O) groups is 1. The molecule has 1 amide bonds. The van der Waals surface area contributed by atoms with Crippen LogP contribution in [0.25, 0.3) is 10.4 Å². The van der Waals surface area contributed by atoms with Crippen LogP contribution in [0.5, 0.6) is 0 Å². The van der Waals surface area contributed by atoms with Crippen molar-refractivity contribution < 1.29 is 9.18 Å². The molecular formula is C15H17FN2OS. The second-order valence-corrected chi connectivity index (χ2v) is 5.81. The van der Waals surface area contributed by atoms with Gasteiger partial charge in [-0.25, -0.2) is 4.39 Å². The first kappa shape index (κ1) is 14.7. The second-order valence-electron chi connectivity index (χ2n) is 4.72. The number of nitrogens with two attached hydrogens (primary N) is 1. The van der Waals surface area contributed by atoms with E-state index in [1.807, 2.05) is 13.0 Å². The summed E-state index contributed by atoms with van der Waals surface area (Å²) in [6.45, 7) is 3.10. The highest BCUT2D eigenvalue weighted by atomic mass is 32.1. The molecule has 1 atom stereocenters. The monoisotopic (exact) mass is 292 g/mol. The summed E-state index contributed by atoms with van der Waals surface area (Å²) in [4.78, 5) is 13.6. The van der Waals surface area contributed by atoms with E-state index < -0.39 is 0 Å². The molecule has 0 radical (unpaired) electrons. The Balaban J connectivity index is 2.05. The maximum absolute atomic E-state index is 12.9. The predicted molar refractivity (Wildman–Crippen MR) is 80.3 cm³/mol. The Labute approximate surface area is 121 Å². The molecule has 0 saturated carbocycles. The first-order chi connectivity index (χ1) is 9.60. The minimum absolute atomic E-state index is 0.0938. The van der Waals surface area contributed by atoms with E-state index in [9.17, 15) is 9.18 Å². The molecule has 20 heavy (non-hydrogen) atoms. The Hall–Kier alpha value is -1.72. The molecule has 0 aliphatic heterocycles. The van der Waals surface area contributed by atoms with Crippen LogP contribution in [0.3, 0.4) is 0 Å². The van der Waals surface area contributed by atoms with E-state index in [4.69, 9.17) is 5.73 Å². The molecular weight excluding hydrogens is 275 g/mol. The lowest BCUT2D eigenvalue weighted by molar-refractivity contribution is 0.0952. The molecule has 1 heterocycles. The standard InChI is InChI=1S/C15H17FN2OS/c1-10(8-17)9-18-15(19)14-7-6-13(20-14)11-2-4-12(16)5-3-11/h2-7,10H,8-9,17H2,1H3,(H,18,19). The van der Waals surface area contributed by atoms with Crippen molar-refractivity contribution in [3.8, 4) is 10.4 Å². The molecule has 1 aromatic heterocycles. The molecule has 1 aromatic carbocycles. The van der Waals surface area contributed by atoms with Crippen molar-refractivity contribution in [3.63, 3.8) is 0 Å². The molecule has 1 unspecified atom stereocenters. The highest BCUT2D eigenvalue weighted by Gasteiger charge is 2.11. The van der Waals surface area contributed by atoms with Crippen molar-refractivity contribution in [2.75, 3.05) is 13.1 Å². The number of amides is 1. The zero-order valence-electron chi connectivity index (χ0n) is 11.2. The van der Waals surface area contributed by atoms with Crippen LogP contribution in [0.4, 0.5) is 4.39 Å². The Morgan fingerprint density at radius 1 is 1.30 bits per heavy atom. The van der Waals surface area contributed by atoms with Crippen molar-refractivity contribution >= 4 is 17.2 Å². The van der Waals surface area contributed by atoms with Gasteiger partial charge < -0.3 is 11.1 Å². The van der Waals surface area contributed by atoms with Crippen molar-refractivity contribution in [2.24, 2.45) is 11.7 Å². The van der Waals surface area contributed by atoms with Crippen LogP contribution in [-0.4, -0.2) is 19.0 Å². The summed E-state index contributed by atoms with van der Waals surface area (Å²) in [6.07, 6.45) is 0. The zero-order chi connectivity index (χ0) is 14.5. The first-order valence-corrected chi connectivity index (χ1v) is 7.26. The summed E-state index contributed by atoms with van der Waals surface area (Å²) in [5.74, 6) is -0.0989. The van der Waals surface area contributed by atoms with E-state index >= 15 is 0 Å². The van der Waals surface area contributed by atoms with Crippen molar-refractivity contribution in [1.82, 2.24) is 5.32 Å². The van der Waals surface area contributed by atoms with Gasteiger partial charge in [0.05, 0.1) is 4.88 Å². The van der Waals surface area contributed by atoms with Crippen LogP contribution in [0.1, 0.15) is 16.6 Å². The molecule has 0 spiro atoms. The third-order valence-corrected chi connectivity index (χ3v) is 4.11. The number of nitrogens with one attached hydrogen (secondary N) is 1. The molecule has 2 aromatic rings. The van der Waals surface area contributed by atoms with Gasteiger partial charge in [0.25, 0.3) is 5.91 Å². The van der Waals surface area contributed by atoms with E-state index in [2.05, 4.69) is 5.32 Å². The molecule has 3 nitrogen and oxygen atoms in total. The van der Waals surface area contributed by atoms with E-state index in [0.717, 1.165) is 10.4 Å². The minimum atomic E-state index is -0.265. The highest BCUT2D eigenvalue weighted by Crippen LogP contribution is 2.28. The quantitative estimate of drug-likeness (QED) is 0.890. The molecule has 0 aliphatic carbocycles. The number of carbonyl (C=O) groups excluding carboxylic acids is 1. The van der Waals surface area contributed by atoms with Crippen LogP contribution < -0.4 is 11.1 Å². The van der Waals surface area contributed by atoms with Gasteiger partial charge in [0.1, 0.15) is 5.82 Å². The summed E-state index contributed by atoms with van der Waals surface area (Å²) >= 11 is 1.39. The van der Waals surface area contributed by atoms with Gasteiger partial charge in [0.2, 0.25) is 0 Å². The lowest BCUT2D eigenvalue weighted by Crippen LogP contribution is -2.30. The molecule has 0 aliphatic rings. The Morgan fingerprint density at radius 3 is 2.65 bits per heavy atom. The maximum atomic E-state index is 12.9. The van der Waals surface area contributed by atoms with Gasteiger partial charge in [-0.05, 0) is 42.3 Å². The van der Waals surface area contributed by atoms with Gasteiger partial charge in [-0.2, -0.15) is 0 Å². The summed E-state index contributed by atoms with van der Waals surface area (Å²) in [7, 11) is 0. The number of rotatable bonds is 5. The third-order valence-electron chi connectivity index (χ3n) is 2.97. The number of hydrogen-bond acceptors (Lipinski definition) is 3. The SMILES string of the molecule is CC(CN)CNC(=O)c1ccc(-c2ccc(F)cc2)s1. The maximum Gasteiger partial charge on any atom is 0.261 e. The molecule has 5 heteroatoms. The van der Waals surface area contributed by atoms with Crippen molar-refractivity contribution in [1.29, 1.82) is 0 Å². The van der Waals surface area contributed by atoms with Gasteiger partial charge in [-0.1, -0.05) is 19.1 Å². The number of hydrogen-bond donors (Lipinski definition) is 2. The van der Waals surface area contributed by atoms with Gasteiger partial charge in [-0.15, -0.1) is 11.3 Å². The van der Waals surface area contributed by atoms with Gasteiger partial charge in [-0.3, -0.25) is 4.79 Å². The lowest BCUT2D eigenvalue weighted by atomic mass is 10.2. The Bertz CT molecular complexity index is 580. The minimum Gasteiger partial charge on any atom is -0.351 e. The van der Waals surface area contributed by atoms with Crippen molar-refractivity contribution in [3.05, 3.63) is 47.1 Å². The fourth-order valence-corrected chi connectivity index (χ4v) is 2.59. The average molecular weight is 292 g/mol. The number of benzene rings is 1. The molecule has 3 N–H and O–H groups in total. The fourth-order valence-electron chi connectivity index (χ4n) is 1.67. The molecule has 0 fully saturated rings. The summed E-state index contributed by atoms with van der Waals surface area (Å²) in [6, 6.07) is 9.90. The van der Waals surface area contributed by atoms with E-state index in [1.165, 1.54) is 23.5 Å². The summed E-state index contributed by atoms with van der Waals surface area (Å²) < 4.78 is 12.9. The zero-order valence-corrected chi connectivity index (χ0v) is 12.0. The Morgan fingerprint density at radius 2 is 2.00 bits per heavy atom. The van der Waals surface area contributed by atoms with Gasteiger partial charge >= 0.3 is 0 Å². The van der Waals surface area contributed by atoms with Crippen LogP contribution in [0, 0.1) is 11.7 Å². The van der Waals surface area contributed by atoms with E-state index in [1.54, 1.807) is 18.2 Å². The third kappa shape index (κ3) is 3.65. The molecule has 2 rings (SSSR count). The van der Waals surface area contributed by atoms with Crippen LogP contribution in [0.2, 0.25) is 0 Å². The predicted octanol–water partition coefficient (Wildman–Crippen LogP) is 2.88. The van der Waals surface area contributed by atoms with Gasteiger partial charge in [0.15, 0.2) is 0 Å². The van der Waals surface area contributed by atoms with Crippen molar-refractivity contribution in [2.45, 2.75) is 6.92 Å². The topological polar surface area (TPSA) is 55.1 Å². The number of thiophene rings is 1. The van der Waals surface area contributed by atoms with Crippen LogP contribution in [0.15, 0.2) is 36.4 Å². The summed E-state index contributed by atoms with van der Waals surface area (Å²) in [5.41, 5.74) is 6.42. The fraction of sp³-hybridized carbons (Fsp3) is 0.267. The largest absolute Gasteiger partial charge is 0.351 e. The smallest absolute Gasteiger partial charge is 0.261 e. The average Bonchev–Trinajstić information content (AvgIpc) is 2.95. The molecule has 0 bridgehead atoms. The first-order valence-electron chi connectivity index (χ1n) is 6.44. The molecule has 0 saturated heterocycles. The van der Waals surface area contributed by atoms with E-state index in [-0.39, 0.29) is 17.6 Å². The van der Waals surface area contributed by atoms with Crippen LogP contribution >= 0.6 is 11.3 Å². The lowest BCUT2D eigenvalue weighted by Gasteiger charge is -2.08. The van der Waals surface area contributed by atoms with Gasteiger partial charge in [0, 0.05) is 11.4 Å².